The van der Waals surface area contributed by atoms with E-state index in [0.29, 0.717) is 30.4 Å². The second kappa shape index (κ2) is 9.60. The molecule has 0 N–H and O–H groups in total. The molecule has 0 unspecified atom stereocenters. The van der Waals surface area contributed by atoms with Crippen LogP contribution in [0.25, 0.3) is 5.52 Å². The molecule has 3 heterocycles. The van der Waals surface area contributed by atoms with Gasteiger partial charge in [-0.15, -0.1) is 0 Å². The molecule has 0 atom stereocenters. The molecule has 30 heavy (non-hydrogen) atoms. The maximum Gasteiger partial charge on any atom is 0.338 e. The van der Waals surface area contributed by atoms with E-state index in [0.717, 1.165) is 37.3 Å². The highest BCUT2D eigenvalue weighted by molar-refractivity contribution is 5.91. The molecule has 1 aromatic carbocycles. The van der Waals surface area contributed by atoms with Gasteiger partial charge in [-0.05, 0) is 43.2 Å². The smallest absolute Gasteiger partial charge is 0.338 e. The molecule has 0 spiro atoms. The summed E-state index contributed by atoms with van der Waals surface area (Å²) >= 11 is 0. The number of imidazole rings is 1. The van der Waals surface area contributed by atoms with Crippen molar-refractivity contribution < 1.29 is 28.5 Å². The highest BCUT2D eigenvalue weighted by atomic mass is 16.5. The second-order valence-electron chi connectivity index (χ2n) is 6.87. The Bertz CT molecular complexity index is 979. The molecule has 0 radical (unpaired) electrons. The summed E-state index contributed by atoms with van der Waals surface area (Å²) in [6.45, 7) is 2.55. The van der Waals surface area contributed by atoms with Gasteiger partial charge >= 0.3 is 5.97 Å². The molecule has 2 aromatic heterocycles. The van der Waals surface area contributed by atoms with Crippen LogP contribution in [0.1, 0.15) is 23.2 Å². The first kappa shape index (κ1) is 20.2. The van der Waals surface area contributed by atoms with Crippen molar-refractivity contribution in [1.29, 1.82) is 0 Å². The average Bonchev–Trinajstić information content (AvgIpc) is 3.27. The number of nitrogens with zero attached hydrogens (tertiary/aromatic N) is 2. The maximum atomic E-state index is 11.9. The molecular weight excluding hydrogens is 388 g/mol. The van der Waals surface area contributed by atoms with Gasteiger partial charge in [0, 0.05) is 19.3 Å². The molecule has 4 rings (SSSR count). The van der Waals surface area contributed by atoms with Gasteiger partial charge in [-0.3, -0.25) is 4.40 Å². The van der Waals surface area contributed by atoms with Gasteiger partial charge in [-0.1, -0.05) is 0 Å². The molecule has 0 bridgehead atoms. The fourth-order valence-corrected chi connectivity index (χ4v) is 3.26. The molecule has 0 aliphatic carbocycles. The average molecular weight is 412 g/mol. The minimum Gasteiger partial charge on any atom is -0.491 e. The van der Waals surface area contributed by atoms with Crippen LogP contribution in [0.15, 0.2) is 48.9 Å². The number of aromatic nitrogens is 2. The van der Waals surface area contributed by atoms with Crippen LogP contribution in [-0.4, -0.2) is 55.0 Å². The van der Waals surface area contributed by atoms with E-state index < -0.39 is 5.97 Å². The van der Waals surface area contributed by atoms with Gasteiger partial charge in [0.05, 0.1) is 37.1 Å². The molecule has 0 amide bonds. The number of hydrogen-bond donors (Lipinski definition) is 0. The summed E-state index contributed by atoms with van der Waals surface area (Å²) in [4.78, 5) is 16.0. The van der Waals surface area contributed by atoms with Crippen molar-refractivity contribution in [3.63, 3.8) is 0 Å². The first-order valence-corrected chi connectivity index (χ1v) is 9.87. The van der Waals surface area contributed by atoms with Crippen molar-refractivity contribution in [3.05, 3.63) is 54.5 Å². The predicted molar refractivity (Wildman–Crippen MR) is 108 cm³/mol. The summed E-state index contributed by atoms with van der Waals surface area (Å²) in [6.07, 6.45) is 5.42. The van der Waals surface area contributed by atoms with E-state index in [4.69, 9.17) is 23.7 Å². The Kier molecular flexibility index (Phi) is 6.46. The van der Waals surface area contributed by atoms with Crippen LogP contribution in [0.4, 0.5) is 0 Å². The van der Waals surface area contributed by atoms with Crippen LogP contribution in [-0.2, 0) is 14.2 Å². The number of esters is 1. The van der Waals surface area contributed by atoms with Crippen molar-refractivity contribution in [3.8, 4) is 17.4 Å². The zero-order valence-corrected chi connectivity index (χ0v) is 16.8. The lowest BCUT2D eigenvalue weighted by atomic mass is 10.2. The van der Waals surface area contributed by atoms with Gasteiger partial charge in [-0.25, -0.2) is 9.78 Å². The van der Waals surface area contributed by atoms with Gasteiger partial charge in [0.1, 0.15) is 24.4 Å². The fraction of sp³-hybridized carbons (Fsp3) is 0.364. The summed E-state index contributed by atoms with van der Waals surface area (Å²) in [5, 5.41) is 0. The van der Waals surface area contributed by atoms with Gasteiger partial charge in [0.2, 0.25) is 5.88 Å². The number of rotatable bonds is 8. The van der Waals surface area contributed by atoms with Crippen molar-refractivity contribution in [1.82, 2.24) is 9.38 Å². The second-order valence-corrected chi connectivity index (χ2v) is 6.87. The Labute approximate surface area is 174 Å². The molecular formula is C22H24N2O6. The Hall–Kier alpha value is -3.10. The minimum absolute atomic E-state index is 0.263. The number of benzene rings is 1. The topological polar surface area (TPSA) is 80.5 Å². The van der Waals surface area contributed by atoms with E-state index in [2.05, 4.69) is 4.98 Å². The maximum absolute atomic E-state index is 11.9. The standard InChI is InChI=1S/C22H24N2O6/c1-26-22(25)16-12-17-14-23-15-24(17)21(13-16)30-20-4-2-18(3-5-20)28-10-11-29-19-6-8-27-9-7-19/h2-5,12-15,19H,6-11H2,1H3. The third-order valence-corrected chi connectivity index (χ3v) is 4.83. The third-order valence-electron chi connectivity index (χ3n) is 4.83. The first-order valence-electron chi connectivity index (χ1n) is 9.87. The van der Waals surface area contributed by atoms with Crippen molar-refractivity contribution >= 4 is 11.5 Å². The Balaban J connectivity index is 1.35. The van der Waals surface area contributed by atoms with Crippen molar-refractivity contribution in [2.24, 2.45) is 0 Å². The number of carbonyl (C=O) groups is 1. The number of methoxy groups -OCH3 is 1. The van der Waals surface area contributed by atoms with Crippen LogP contribution >= 0.6 is 0 Å². The number of hydrogen-bond acceptors (Lipinski definition) is 7. The van der Waals surface area contributed by atoms with Gasteiger partial charge in [0.15, 0.2) is 0 Å². The van der Waals surface area contributed by atoms with Crippen LogP contribution < -0.4 is 9.47 Å². The molecule has 158 valence electrons. The summed E-state index contributed by atoms with van der Waals surface area (Å²) < 4.78 is 29.4. The molecule has 1 fully saturated rings. The van der Waals surface area contributed by atoms with E-state index in [1.807, 2.05) is 24.3 Å². The summed E-state index contributed by atoms with van der Waals surface area (Å²) in [7, 11) is 1.34. The van der Waals surface area contributed by atoms with Crippen molar-refractivity contribution in [2.75, 3.05) is 33.5 Å². The highest BCUT2D eigenvalue weighted by Gasteiger charge is 2.14. The molecule has 3 aromatic rings. The lowest BCUT2D eigenvalue weighted by Gasteiger charge is -2.22. The van der Waals surface area contributed by atoms with Gasteiger partial charge < -0.3 is 23.7 Å². The van der Waals surface area contributed by atoms with Crippen molar-refractivity contribution in [2.45, 2.75) is 18.9 Å². The highest BCUT2D eigenvalue weighted by Crippen LogP contribution is 2.26. The molecule has 1 aliphatic rings. The number of carbonyl (C=O) groups excluding carboxylic acids is 1. The molecule has 0 saturated carbocycles. The van der Waals surface area contributed by atoms with E-state index in [1.165, 1.54) is 7.11 Å². The Morgan fingerprint density at radius 3 is 2.67 bits per heavy atom. The third kappa shape index (κ3) is 4.90. The molecule has 8 heteroatoms. The summed E-state index contributed by atoms with van der Waals surface area (Å²) in [5.74, 6) is 1.37. The van der Waals surface area contributed by atoms with Crippen LogP contribution in [0.5, 0.6) is 17.4 Å². The van der Waals surface area contributed by atoms with Gasteiger partial charge in [0.25, 0.3) is 0 Å². The predicted octanol–water partition coefficient (Wildman–Crippen LogP) is 3.49. The van der Waals surface area contributed by atoms with E-state index >= 15 is 0 Å². The number of pyridine rings is 1. The number of fused-ring (bicyclic) bond motifs is 1. The fourth-order valence-electron chi connectivity index (χ4n) is 3.26. The van der Waals surface area contributed by atoms with E-state index in [-0.39, 0.29) is 6.10 Å². The number of ether oxygens (including phenoxy) is 5. The zero-order valence-electron chi connectivity index (χ0n) is 16.8. The van der Waals surface area contributed by atoms with E-state index in [1.54, 1.807) is 29.1 Å². The van der Waals surface area contributed by atoms with Crippen LogP contribution in [0, 0.1) is 0 Å². The van der Waals surface area contributed by atoms with Crippen LogP contribution in [0.2, 0.25) is 0 Å². The van der Waals surface area contributed by atoms with Gasteiger partial charge in [-0.2, -0.15) is 0 Å². The largest absolute Gasteiger partial charge is 0.491 e. The summed E-state index contributed by atoms with van der Waals surface area (Å²) in [6, 6.07) is 10.6. The Morgan fingerprint density at radius 2 is 1.90 bits per heavy atom. The normalized spacial score (nSPS) is 14.6. The van der Waals surface area contributed by atoms with Crippen LogP contribution in [0.3, 0.4) is 0 Å². The minimum atomic E-state index is -0.435. The summed E-state index contributed by atoms with van der Waals surface area (Å²) in [5.41, 5.74) is 1.13. The molecule has 1 saturated heterocycles. The first-order chi connectivity index (χ1) is 14.7. The SMILES string of the molecule is COC(=O)c1cc(Oc2ccc(OCCOC3CCOCC3)cc2)n2cncc2c1. The lowest BCUT2D eigenvalue weighted by Crippen LogP contribution is -2.25. The lowest BCUT2D eigenvalue weighted by molar-refractivity contribution is -0.0388. The van der Waals surface area contributed by atoms with E-state index in [9.17, 15) is 4.79 Å². The molecule has 8 nitrogen and oxygen atoms in total. The Morgan fingerprint density at radius 1 is 1.13 bits per heavy atom. The zero-order chi connectivity index (χ0) is 20.8. The monoisotopic (exact) mass is 412 g/mol. The quantitative estimate of drug-likeness (QED) is 0.414. The molecule has 1 aliphatic heterocycles.